The number of amidine groups is 2. The van der Waals surface area contributed by atoms with E-state index in [4.69, 9.17) is 9.98 Å². The Morgan fingerprint density at radius 2 is 0.785 bits per heavy atom. The normalized spacial score (nSPS) is 11.7. The van der Waals surface area contributed by atoms with Crippen molar-refractivity contribution in [2.75, 3.05) is 0 Å². The average Bonchev–Trinajstić information content (AvgIpc) is 3.39. The van der Waals surface area contributed by atoms with Crippen LogP contribution in [0.5, 0.6) is 0 Å². The molecule has 10 aromatic rings. The maximum Gasteiger partial charge on any atom is 0.161 e. The summed E-state index contributed by atoms with van der Waals surface area (Å²) in [5.74, 6) is 1.11. The topological polar surface area (TPSA) is 37.1 Å². The molecule has 308 valence electrons. The van der Waals surface area contributed by atoms with Gasteiger partial charge in [0.05, 0.1) is 6.54 Å². The predicted molar refractivity (Wildman–Crippen MR) is 276 cm³/mol. The van der Waals surface area contributed by atoms with Crippen LogP contribution < -0.4 is 0 Å². The number of nitrogens with zero attached hydrogens (tertiary/aromatic N) is 3. The molecule has 0 saturated carbocycles. The number of hydrogen-bond acceptors (Lipinski definition) is 1. The quantitative estimate of drug-likeness (QED) is 0.0972. The molecule has 10 aromatic carbocycles. The molecule has 0 aliphatic carbocycles. The Bertz CT molecular complexity index is 3290. The van der Waals surface area contributed by atoms with Crippen molar-refractivity contribution < 1.29 is 0 Å². The van der Waals surface area contributed by atoms with Crippen LogP contribution >= 0.6 is 0 Å². The van der Waals surface area contributed by atoms with Crippen LogP contribution in [0, 0.1) is 0 Å². The van der Waals surface area contributed by atoms with Gasteiger partial charge in [-0.2, -0.15) is 0 Å². The summed E-state index contributed by atoms with van der Waals surface area (Å²) < 4.78 is 0. The van der Waals surface area contributed by atoms with Gasteiger partial charge in [-0.1, -0.05) is 237 Å². The molecule has 0 radical (unpaired) electrons. The molecule has 0 amide bonds. The third-order valence-corrected chi connectivity index (χ3v) is 11.9. The lowest BCUT2D eigenvalue weighted by molar-refractivity contribution is 1.06. The lowest BCUT2D eigenvalue weighted by atomic mass is 9.78. The van der Waals surface area contributed by atoms with Crippen LogP contribution in [0.4, 0.5) is 0 Å². The number of fused-ring (bicyclic) bond motifs is 1. The van der Waals surface area contributed by atoms with Crippen LogP contribution in [0.15, 0.2) is 264 Å². The van der Waals surface area contributed by atoms with Crippen molar-refractivity contribution in [3.05, 3.63) is 265 Å². The summed E-state index contributed by atoms with van der Waals surface area (Å²) in [6, 6.07) is 87.9. The molecule has 10 rings (SSSR count). The van der Waals surface area contributed by atoms with Crippen molar-refractivity contribution in [3.8, 4) is 66.8 Å². The van der Waals surface area contributed by atoms with E-state index in [0.29, 0.717) is 18.2 Å². The number of aliphatic imine (C=N–C) groups is 3. The van der Waals surface area contributed by atoms with Gasteiger partial charge >= 0.3 is 0 Å². The molecule has 0 aromatic heterocycles. The largest absolute Gasteiger partial charge is 0.261 e. The summed E-state index contributed by atoms with van der Waals surface area (Å²) in [6.45, 7) is 4.40. The summed E-state index contributed by atoms with van der Waals surface area (Å²) >= 11 is 0. The first-order valence-corrected chi connectivity index (χ1v) is 22.0. The van der Waals surface area contributed by atoms with Crippen molar-refractivity contribution in [1.29, 1.82) is 0 Å². The van der Waals surface area contributed by atoms with Crippen LogP contribution in [0.1, 0.15) is 16.7 Å². The van der Waals surface area contributed by atoms with Crippen molar-refractivity contribution in [2.24, 2.45) is 15.0 Å². The maximum atomic E-state index is 5.23. The molecule has 0 spiro atoms. The first-order chi connectivity index (χ1) is 32.2. The molecule has 0 aliphatic rings. The monoisotopic (exact) mass is 831 g/mol. The Balaban J connectivity index is 1.21. The average molecular weight is 832 g/mol. The molecular formula is C62H45N3. The SMILES string of the molecule is C=NC(=NC(=NCc1ccccc1)c1ccc2ccccc2c1-c1ccc(-c2cc(-c3ccccc3)c(-c3ccccc3)c(-c3ccccc3)c2-c2ccccc2)cc1)c1ccccc1. The molecule has 3 nitrogen and oxygen atoms in total. The maximum absolute atomic E-state index is 5.23. The molecule has 0 atom stereocenters. The van der Waals surface area contributed by atoms with E-state index in [-0.39, 0.29) is 0 Å². The van der Waals surface area contributed by atoms with Gasteiger partial charge in [0.15, 0.2) is 11.7 Å². The van der Waals surface area contributed by atoms with Crippen molar-refractivity contribution in [1.82, 2.24) is 0 Å². The van der Waals surface area contributed by atoms with Gasteiger partial charge in [0.1, 0.15) is 0 Å². The second-order valence-corrected chi connectivity index (χ2v) is 15.9. The van der Waals surface area contributed by atoms with Crippen LogP contribution in [-0.4, -0.2) is 18.4 Å². The first kappa shape index (κ1) is 40.5. The predicted octanol–water partition coefficient (Wildman–Crippen LogP) is 15.9. The fraction of sp³-hybridized carbons (Fsp3) is 0.0161. The summed E-state index contributed by atoms with van der Waals surface area (Å²) in [5.41, 5.74) is 16.7. The van der Waals surface area contributed by atoms with E-state index in [1.54, 1.807) is 0 Å². The smallest absolute Gasteiger partial charge is 0.161 e. The first-order valence-electron chi connectivity index (χ1n) is 22.0. The lowest BCUT2D eigenvalue weighted by Gasteiger charge is -2.24. The zero-order chi connectivity index (χ0) is 43.8. The van der Waals surface area contributed by atoms with Crippen molar-refractivity contribution >= 4 is 29.2 Å². The van der Waals surface area contributed by atoms with Crippen LogP contribution in [0.2, 0.25) is 0 Å². The van der Waals surface area contributed by atoms with Crippen LogP contribution in [0.25, 0.3) is 77.5 Å². The molecule has 0 aliphatic heterocycles. The Hall–Kier alpha value is -8.53. The third-order valence-electron chi connectivity index (χ3n) is 11.9. The molecule has 65 heavy (non-hydrogen) atoms. The summed E-state index contributed by atoms with van der Waals surface area (Å²) in [4.78, 5) is 14.9. The molecule has 3 heteroatoms. The standard InChI is InChI=1S/C62H45N3/c1-63-61(52-33-18-7-19-34-52)65-62(64-43-44-22-8-2-9-23-44)54-41-40-46-26-20-21-35-53(46)57(54)51-38-36-47(37-39-51)56-42-55(45-24-10-3-11-25-45)58(48-27-12-4-13-28-48)60(50-31-16-6-17-32-50)59(56)49-29-14-5-15-30-49/h2-42H,1,43H2. The highest BCUT2D eigenvalue weighted by molar-refractivity contribution is 6.18. The van der Waals surface area contributed by atoms with Gasteiger partial charge in [-0.15, -0.1) is 0 Å². The van der Waals surface area contributed by atoms with Crippen molar-refractivity contribution in [2.45, 2.75) is 6.54 Å². The van der Waals surface area contributed by atoms with Gasteiger partial charge in [-0.25, -0.2) is 9.98 Å². The lowest BCUT2D eigenvalue weighted by Crippen LogP contribution is -2.07. The molecule has 0 saturated heterocycles. The van der Waals surface area contributed by atoms with E-state index in [1.807, 2.05) is 48.5 Å². The highest BCUT2D eigenvalue weighted by Gasteiger charge is 2.24. The Morgan fingerprint density at radius 1 is 0.354 bits per heavy atom. The molecule has 0 unspecified atom stereocenters. The molecular weight excluding hydrogens is 787 g/mol. The van der Waals surface area contributed by atoms with Gasteiger partial charge in [-0.05, 0) is 96.4 Å². The van der Waals surface area contributed by atoms with Gasteiger partial charge in [0.25, 0.3) is 0 Å². The van der Waals surface area contributed by atoms with Gasteiger partial charge in [0, 0.05) is 16.7 Å². The number of hydrogen-bond donors (Lipinski definition) is 0. The third kappa shape index (κ3) is 8.52. The Labute approximate surface area is 381 Å². The van der Waals surface area contributed by atoms with Crippen molar-refractivity contribution in [3.63, 3.8) is 0 Å². The molecule has 0 heterocycles. The van der Waals surface area contributed by atoms with E-state index in [1.165, 1.54) is 27.8 Å². The minimum absolute atomic E-state index is 0.457. The number of benzene rings is 10. The molecule has 0 fully saturated rings. The van der Waals surface area contributed by atoms with E-state index in [0.717, 1.165) is 66.4 Å². The Kier molecular flexibility index (Phi) is 11.7. The zero-order valence-electron chi connectivity index (χ0n) is 35.9. The molecule has 0 bridgehead atoms. The zero-order valence-corrected chi connectivity index (χ0v) is 35.9. The second kappa shape index (κ2) is 18.8. The highest BCUT2D eigenvalue weighted by atomic mass is 15.0. The van der Waals surface area contributed by atoms with E-state index >= 15 is 0 Å². The summed E-state index contributed by atoms with van der Waals surface area (Å²) in [7, 11) is 0. The minimum Gasteiger partial charge on any atom is -0.261 e. The van der Waals surface area contributed by atoms with Gasteiger partial charge in [-0.3, -0.25) is 4.99 Å². The number of rotatable bonds is 10. The van der Waals surface area contributed by atoms with Gasteiger partial charge in [0.2, 0.25) is 0 Å². The minimum atomic E-state index is 0.457. The van der Waals surface area contributed by atoms with Gasteiger partial charge < -0.3 is 0 Å². The van der Waals surface area contributed by atoms with E-state index < -0.39 is 0 Å². The van der Waals surface area contributed by atoms with E-state index in [2.05, 4.69) is 212 Å². The second-order valence-electron chi connectivity index (χ2n) is 15.9. The summed E-state index contributed by atoms with van der Waals surface area (Å²) in [6.07, 6.45) is 0. The van der Waals surface area contributed by atoms with E-state index in [9.17, 15) is 0 Å². The molecule has 0 N–H and O–H groups in total. The summed E-state index contributed by atoms with van der Waals surface area (Å²) in [5, 5.41) is 2.25. The Morgan fingerprint density at radius 3 is 1.34 bits per heavy atom. The van der Waals surface area contributed by atoms with Crippen LogP contribution in [-0.2, 0) is 6.54 Å². The highest BCUT2D eigenvalue weighted by Crippen LogP contribution is 2.50. The fourth-order valence-electron chi connectivity index (χ4n) is 8.85. The fourth-order valence-corrected chi connectivity index (χ4v) is 8.85. The van der Waals surface area contributed by atoms with Crippen LogP contribution in [0.3, 0.4) is 0 Å².